The first kappa shape index (κ1) is 17.1. The van der Waals surface area contributed by atoms with Gasteiger partial charge in [0.05, 0.1) is 10.3 Å². The topological polar surface area (TPSA) is 59.1 Å². The SMILES string of the molecule is Cc1ccc(C(C)(C)NS(=O)(=O)C2(Cc3ccccc3)CC2)cn1. The highest BCUT2D eigenvalue weighted by Gasteiger charge is 2.55. The van der Waals surface area contributed by atoms with E-state index in [9.17, 15) is 8.42 Å². The summed E-state index contributed by atoms with van der Waals surface area (Å²) in [6.45, 7) is 5.69. The van der Waals surface area contributed by atoms with Crippen molar-refractivity contribution in [2.45, 2.75) is 50.3 Å². The molecule has 5 heteroatoms. The van der Waals surface area contributed by atoms with Gasteiger partial charge in [-0.3, -0.25) is 4.98 Å². The summed E-state index contributed by atoms with van der Waals surface area (Å²) < 4.78 is 28.3. The predicted molar refractivity (Wildman–Crippen MR) is 96.2 cm³/mol. The Morgan fingerprint density at radius 1 is 1.12 bits per heavy atom. The van der Waals surface area contributed by atoms with Crippen LogP contribution in [0, 0.1) is 6.92 Å². The molecule has 0 saturated heterocycles. The Morgan fingerprint density at radius 2 is 1.79 bits per heavy atom. The lowest BCUT2D eigenvalue weighted by atomic mass is 9.97. The molecule has 4 nitrogen and oxygen atoms in total. The molecule has 0 amide bonds. The molecule has 1 aliphatic rings. The summed E-state index contributed by atoms with van der Waals surface area (Å²) >= 11 is 0. The molecule has 0 bridgehead atoms. The first-order chi connectivity index (χ1) is 11.2. The van der Waals surface area contributed by atoms with E-state index in [2.05, 4.69) is 9.71 Å². The second-order valence-corrected chi connectivity index (χ2v) is 9.34. The average Bonchev–Trinajstić information content (AvgIpc) is 3.29. The molecular formula is C19H24N2O2S. The average molecular weight is 344 g/mol. The standard InChI is InChI=1S/C19H24N2O2S/c1-15-9-10-17(14-20-15)18(2,3)21-24(22,23)19(11-12-19)13-16-7-5-4-6-8-16/h4-10,14,21H,11-13H2,1-3H3. The molecule has 0 radical (unpaired) electrons. The quantitative estimate of drug-likeness (QED) is 0.874. The molecule has 1 saturated carbocycles. The molecule has 0 spiro atoms. The van der Waals surface area contributed by atoms with Crippen LogP contribution < -0.4 is 4.72 Å². The number of pyridine rings is 1. The lowest BCUT2D eigenvalue weighted by molar-refractivity contribution is 0.461. The maximum Gasteiger partial charge on any atom is 0.218 e. The van der Waals surface area contributed by atoms with Gasteiger partial charge in [-0.2, -0.15) is 0 Å². The fourth-order valence-corrected chi connectivity index (χ4v) is 4.99. The molecule has 3 rings (SSSR count). The highest BCUT2D eigenvalue weighted by Crippen LogP contribution is 2.46. The van der Waals surface area contributed by atoms with Gasteiger partial charge in [-0.25, -0.2) is 13.1 Å². The van der Waals surface area contributed by atoms with Crippen molar-refractivity contribution in [1.82, 2.24) is 9.71 Å². The largest absolute Gasteiger partial charge is 0.261 e. The van der Waals surface area contributed by atoms with Crippen molar-refractivity contribution in [3.8, 4) is 0 Å². The van der Waals surface area contributed by atoms with Crippen molar-refractivity contribution in [2.75, 3.05) is 0 Å². The van der Waals surface area contributed by atoms with Crippen molar-refractivity contribution in [1.29, 1.82) is 0 Å². The fourth-order valence-electron chi connectivity index (χ4n) is 2.99. The van der Waals surface area contributed by atoms with Gasteiger partial charge in [0.15, 0.2) is 0 Å². The zero-order valence-electron chi connectivity index (χ0n) is 14.4. The molecule has 0 atom stereocenters. The minimum Gasteiger partial charge on any atom is -0.261 e. The van der Waals surface area contributed by atoms with E-state index in [-0.39, 0.29) is 0 Å². The molecule has 2 aromatic rings. The number of sulfonamides is 1. The number of benzene rings is 1. The Bertz CT molecular complexity index is 808. The molecule has 1 fully saturated rings. The Kier molecular flexibility index (Phi) is 4.26. The zero-order chi connectivity index (χ0) is 17.4. The summed E-state index contributed by atoms with van der Waals surface area (Å²) in [7, 11) is -3.44. The van der Waals surface area contributed by atoms with Crippen LogP contribution in [0.25, 0.3) is 0 Å². The van der Waals surface area contributed by atoms with Crippen molar-refractivity contribution in [2.24, 2.45) is 0 Å². The van der Waals surface area contributed by atoms with E-state index in [1.807, 2.05) is 63.2 Å². The summed E-state index contributed by atoms with van der Waals surface area (Å²) in [6, 6.07) is 13.7. The van der Waals surface area contributed by atoms with Crippen LogP contribution in [0.2, 0.25) is 0 Å². The van der Waals surface area contributed by atoms with Crippen LogP contribution in [0.4, 0.5) is 0 Å². The number of aryl methyl sites for hydroxylation is 1. The molecule has 1 aromatic carbocycles. The third kappa shape index (κ3) is 3.37. The number of aromatic nitrogens is 1. The first-order valence-electron chi connectivity index (χ1n) is 8.25. The van der Waals surface area contributed by atoms with Gasteiger partial charge in [0, 0.05) is 11.9 Å². The van der Waals surface area contributed by atoms with Crippen molar-refractivity contribution in [3.05, 3.63) is 65.5 Å². The zero-order valence-corrected chi connectivity index (χ0v) is 15.2. The molecule has 0 unspecified atom stereocenters. The Morgan fingerprint density at radius 3 is 2.33 bits per heavy atom. The van der Waals surface area contributed by atoms with Gasteiger partial charge < -0.3 is 0 Å². The number of hydrogen-bond acceptors (Lipinski definition) is 3. The summed E-state index contributed by atoms with van der Waals surface area (Å²) in [5, 5.41) is 0. The molecule has 0 aliphatic heterocycles. The number of rotatable bonds is 6. The summed E-state index contributed by atoms with van der Waals surface area (Å²) in [5.74, 6) is 0. The van der Waals surface area contributed by atoms with E-state index < -0.39 is 20.3 Å². The Balaban J connectivity index is 1.81. The monoisotopic (exact) mass is 344 g/mol. The Hall–Kier alpha value is -1.72. The minimum absolute atomic E-state index is 0.561. The maximum atomic E-state index is 13.0. The molecule has 1 aromatic heterocycles. The van der Waals surface area contributed by atoms with Crippen LogP contribution in [0.15, 0.2) is 48.7 Å². The van der Waals surface area contributed by atoms with Crippen molar-refractivity contribution in [3.63, 3.8) is 0 Å². The molecule has 24 heavy (non-hydrogen) atoms. The van der Waals surface area contributed by atoms with Gasteiger partial charge in [-0.15, -0.1) is 0 Å². The van der Waals surface area contributed by atoms with Crippen LogP contribution in [-0.2, 0) is 22.0 Å². The molecular weight excluding hydrogens is 320 g/mol. The normalized spacial score (nSPS) is 16.8. The van der Waals surface area contributed by atoms with Gasteiger partial charge in [0.2, 0.25) is 10.0 Å². The first-order valence-corrected chi connectivity index (χ1v) is 9.73. The second-order valence-electron chi connectivity index (χ2n) is 7.26. The van der Waals surface area contributed by atoms with Crippen LogP contribution in [0.1, 0.15) is 43.5 Å². The van der Waals surface area contributed by atoms with E-state index >= 15 is 0 Å². The lowest BCUT2D eigenvalue weighted by Crippen LogP contribution is -2.47. The van der Waals surface area contributed by atoms with Crippen LogP contribution in [0.3, 0.4) is 0 Å². The predicted octanol–water partition coefficient (Wildman–Crippen LogP) is 3.32. The van der Waals surface area contributed by atoms with Gasteiger partial charge in [0.1, 0.15) is 0 Å². The minimum atomic E-state index is -3.44. The van der Waals surface area contributed by atoms with Gasteiger partial charge in [0.25, 0.3) is 0 Å². The Labute approximate surface area is 144 Å². The van der Waals surface area contributed by atoms with Crippen LogP contribution in [0.5, 0.6) is 0 Å². The number of nitrogens with zero attached hydrogens (tertiary/aromatic N) is 1. The van der Waals surface area contributed by atoms with E-state index in [1.54, 1.807) is 6.20 Å². The second kappa shape index (κ2) is 5.97. The van der Waals surface area contributed by atoms with E-state index in [4.69, 9.17) is 0 Å². The van der Waals surface area contributed by atoms with E-state index in [1.165, 1.54) is 0 Å². The van der Waals surface area contributed by atoms with E-state index in [0.29, 0.717) is 19.3 Å². The summed E-state index contributed by atoms with van der Waals surface area (Å²) in [6.07, 6.45) is 3.72. The smallest absolute Gasteiger partial charge is 0.218 e. The van der Waals surface area contributed by atoms with E-state index in [0.717, 1.165) is 16.8 Å². The molecule has 1 heterocycles. The molecule has 1 N–H and O–H groups in total. The van der Waals surface area contributed by atoms with Crippen LogP contribution >= 0.6 is 0 Å². The molecule has 1 aliphatic carbocycles. The number of nitrogens with one attached hydrogen (secondary N) is 1. The third-order valence-corrected chi connectivity index (χ3v) is 7.24. The van der Waals surface area contributed by atoms with Gasteiger partial charge in [-0.05, 0) is 57.2 Å². The lowest BCUT2D eigenvalue weighted by Gasteiger charge is -2.29. The molecule has 128 valence electrons. The highest BCUT2D eigenvalue weighted by atomic mass is 32.2. The van der Waals surface area contributed by atoms with Gasteiger partial charge in [-0.1, -0.05) is 36.4 Å². The van der Waals surface area contributed by atoms with Crippen molar-refractivity contribution >= 4 is 10.0 Å². The summed E-state index contributed by atoms with van der Waals surface area (Å²) in [4.78, 5) is 4.29. The number of hydrogen-bond donors (Lipinski definition) is 1. The maximum absolute atomic E-state index is 13.0. The van der Waals surface area contributed by atoms with Crippen LogP contribution in [-0.4, -0.2) is 18.1 Å². The summed E-state index contributed by atoms with van der Waals surface area (Å²) in [5.41, 5.74) is 2.16. The van der Waals surface area contributed by atoms with Crippen molar-refractivity contribution < 1.29 is 8.42 Å². The fraction of sp³-hybridized carbons (Fsp3) is 0.421. The third-order valence-electron chi connectivity index (χ3n) is 4.77. The highest BCUT2D eigenvalue weighted by molar-refractivity contribution is 7.91. The van der Waals surface area contributed by atoms with Gasteiger partial charge >= 0.3 is 0 Å².